The highest BCUT2D eigenvalue weighted by Gasteiger charge is 1.76. The third-order valence-corrected chi connectivity index (χ3v) is 0.953. The zero-order valence-corrected chi connectivity index (χ0v) is 5.65. The minimum absolute atomic E-state index is 1.04. The first-order chi connectivity index (χ1) is 3.31. The number of hydrogen-bond donors (Lipinski definition) is 1. The molecule has 0 aromatic carbocycles. The Balaban J connectivity index is 3.16. The maximum atomic E-state index is 3.89. The van der Waals surface area contributed by atoms with Crippen LogP contribution in [0.3, 0.4) is 0 Å². The average Bonchev–Trinajstić information content (AvgIpc) is 1.68. The van der Waals surface area contributed by atoms with Gasteiger partial charge in [-0.25, -0.2) is 0 Å². The Morgan fingerprint density at radius 3 is 2.43 bits per heavy atom. The van der Waals surface area contributed by atoms with Gasteiger partial charge in [0.05, 0.1) is 0 Å². The van der Waals surface area contributed by atoms with Crippen LogP contribution in [0.4, 0.5) is 0 Å². The van der Waals surface area contributed by atoms with E-state index in [-0.39, 0.29) is 0 Å². The van der Waals surface area contributed by atoms with E-state index in [2.05, 4.69) is 19.6 Å². The first-order valence-corrected chi connectivity index (χ1v) is 2.84. The molecule has 42 valence electrons. The second-order valence-electron chi connectivity index (χ2n) is 1.37. The summed E-state index contributed by atoms with van der Waals surface area (Å²) in [6, 6.07) is 0. The van der Waals surface area contributed by atoms with Crippen molar-refractivity contribution in [1.29, 1.82) is 0 Å². The van der Waals surface area contributed by atoms with E-state index in [0.717, 1.165) is 6.54 Å². The molecule has 0 aliphatic rings. The molecule has 0 unspecified atom stereocenters. The Morgan fingerprint density at radius 2 is 2.29 bits per heavy atom. The Kier molecular flexibility index (Phi) is 4.00. The summed E-state index contributed by atoms with van der Waals surface area (Å²) in [5.74, 6) is 0. The standard InChI is InChI=1S/C5H11NS/c1-3-6(2)4-5-7/h4-5,7H,3H2,1-2H3/b5-4-. The first kappa shape index (κ1) is 6.89. The van der Waals surface area contributed by atoms with Crippen LogP contribution in [0.25, 0.3) is 0 Å². The average molecular weight is 117 g/mol. The highest BCUT2D eigenvalue weighted by molar-refractivity contribution is 7.83. The summed E-state index contributed by atoms with van der Waals surface area (Å²) in [6.45, 7) is 3.13. The van der Waals surface area contributed by atoms with Crippen LogP contribution in [0.2, 0.25) is 0 Å². The predicted molar refractivity (Wildman–Crippen MR) is 36.4 cm³/mol. The molecule has 2 heteroatoms. The molecular formula is C5H11NS. The molecule has 0 fully saturated rings. The van der Waals surface area contributed by atoms with E-state index in [0.29, 0.717) is 0 Å². The fourth-order valence-corrected chi connectivity index (χ4v) is 0.447. The van der Waals surface area contributed by atoms with Crippen LogP contribution in [-0.2, 0) is 0 Å². The fourth-order valence-electron chi connectivity index (χ4n) is 0.219. The monoisotopic (exact) mass is 117 g/mol. The normalized spacial score (nSPS) is 10.1. The van der Waals surface area contributed by atoms with Crippen molar-refractivity contribution >= 4 is 12.6 Å². The van der Waals surface area contributed by atoms with Crippen molar-refractivity contribution in [2.24, 2.45) is 0 Å². The van der Waals surface area contributed by atoms with Gasteiger partial charge in [-0.15, -0.1) is 12.6 Å². The zero-order valence-electron chi connectivity index (χ0n) is 4.76. The van der Waals surface area contributed by atoms with E-state index >= 15 is 0 Å². The van der Waals surface area contributed by atoms with Crippen molar-refractivity contribution in [2.45, 2.75) is 6.92 Å². The smallest absolute Gasteiger partial charge is 0.0141 e. The lowest BCUT2D eigenvalue weighted by atomic mass is 10.7. The maximum absolute atomic E-state index is 3.89. The maximum Gasteiger partial charge on any atom is 0.0141 e. The summed E-state index contributed by atoms with van der Waals surface area (Å²) in [5, 5.41) is 1.73. The Morgan fingerprint density at radius 1 is 1.71 bits per heavy atom. The summed E-state index contributed by atoms with van der Waals surface area (Å²) < 4.78 is 0. The number of rotatable bonds is 2. The fraction of sp³-hybridized carbons (Fsp3) is 0.600. The Bertz CT molecular complexity index is 61.1. The molecule has 0 saturated carbocycles. The van der Waals surface area contributed by atoms with Crippen molar-refractivity contribution in [3.8, 4) is 0 Å². The summed E-state index contributed by atoms with van der Waals surface area (Å²) >= 11 is 3.89. The van der Waals surface area contributed by atoms with Gasteiger partial charge in [-0.3, -0.25) is 0 Å². The van der Waals surface area contributed by atoms with Crippen molar-refractivity contribution in [2.75, 3.05) is 13.6 Å². The predicted octanol–water partition coefficient (Wildman–Crippen LogP) is 1.34. The van der Waals surface area contributed by atoms with Gasteiger partial charge in [0.25, 0.3) is 0 Å². The number of nitrogens with zero attached hydrogens (tertiary/aromatic N) is 1. The molecule has 0 radical (unpaired) electrons. The minimum atomic E-state index is 1.04. The highest BCUT2D eigenvalue weighted by atomic mass is 32.1. The molecule has 0 heterocycles. The summed E-state index contributed by atoms with van der Waals surface area (Å²) in [4.78, 5) is 2.05. The van der Waals surface area contributed by atoms with Crippen LogP contribution in [0.5, 0.6) is 0 Å². The minimum Gasteiger partial charge on any atom is -0.380 e. The first-order valence-electron chi connectivity index (χ1n) is 2.32. The molecule has 1 nitrogen and oxygen atoms in total. The van der Waals surface area contributed by atoms with Crippen LogP contribution in [0.15, 0.2) is 11.6 Å². The van der Waals surface area contributed by atoms with Crippen molar-refractivity contribution in [1.82, 2.24) is 4.90 Å². The van der Waals surface area contributed by atoms with Gasteiger partial charge in [0.2, 0.25) is 0 Å². The van der Waals surface area contributed by atoms with Gasteiger partial charge in [0.1, 0.15) is 0 Å². The van der Waals surface area contributed by atoms with E-state index in [1.54, 1.807) is 5.41 Å². The molecule has 0 atom stereocenters. The quantitative estimate of drug-likeness (QED) is 0.534. The van der Waals surface area contributed by atoms with Gasteiger partial charge in [-0.2, -0.15) is 0 Å². The van der Waals surface area contributed by atoms with Gasteiger partial charge < -0.3 is 4.90 Å². The zero-order chi connectivity index (χ0) is 5.70. The van der Waals surface area contributed by atoms with E-state index < -0.39 is 0 Å². The van der Waals surface area contributed by atoms with Gasteiger partial charge in [-0.05, 0) is 12.3 Å². The molecule has 0 amide bonds. The van der Waals surface area contributed by atoms with Crippen LogP contribution in [-0.4, -0.2) is 18.5 Å². The lowest BCUT2D eigenvalue weighted by Crippen LogP contribution is -2.07. The summed E-state index contributed by atoms with van der Waals surface area (Å²) in [7, 11) is 2.01. The number of hydrogen-bond acceptors (Lipinski definition) is 2. The van der Waals surface area contributed by atoms with Gasteiger partial charge in [0.15, 0.2) is 0 Å². The third kappa shape index (κ3) is 3.73. The number of thiol groups is 1. The molecule has 0 aliphatic carbocycles. The summed E-state index contributed by atoms with van der Waals surface area (Å²) in [5.41, 5.74) is 0. The van der Waals surface area contributed by atoms with Gasteiger partial charge in [-0.1, -0.05) is 0 Å². The van der Waals surface area contributed by atoms with Crippen LogP contribution < -0.4 is 0 Å². The van der Waals surface area contributed by atoms with Crippen molar-refractivity contribution in [3.05, 3.63) is 11.6 Å². The Labute approximate surface area is 50.4 Å². The van der Waals surface area contributed by atoms with Crippen LogP contribution in [0, 0.1) is 0 Å². The van der Waals surface area contributed by atoms with E-state index in [9.17, 15) is 0 Å². The van der Waals surface area contributed by atoms with E-state index in [1.165, 1.54) is 0 Å². The summed E-state index contributed by atoms with van der Waals surface area (Å²) in [6.07, 6.45) is 1.92. The van der Waals surface area contributed by atoms with Gasteiger partial charge >= 0.3 is 0 Å². The lowest BCUT2D eigenvalue weighted by Gasteiger charge is -2.07. The van der Waals surface area contributed by atoms with E-state index in [1.807, 2.05) is 18.1 Å². The van der Waals surface area contributed by atoms with Crippen molar-refractivity contribution in [3.63, 3.8) is 0 Å². The van der Waals surface area contributed by atoms with Gasteiger partial charge in [0, 0.05) is 19.8 Å². The second-order valence-corrected chi connectivity index (χ2v) is 1.67. The molecule has 0 N–H and O–H groups in total. The molecule has 0 spiro atoms. The largest absolute Gasteiger partial charge is 0.380 e. The third-order valence-electron chi connectivity index (χ3n) is 0.820. The van der Waals surface area contributed by atoms with E-state index in [4.69, 9.17) is 0 Å². The Hall–Kier alpha value is -0.110. The second kappa shape index (κ2) is 4.06. The molecule has 7 heavy (non-hydrogen) atoms. The topological polar surface area (TPSA) is 3.24 Å². The molecule has 0 aliphatic heterocycles. The molecule has 0 rings (SSSR count). The molecule has 0 aromatic heterocycles. The molecular weight excluding hydrogens is 106 g/mol. The SMILES string of the molecule is CCN(C)/C=C\S. The molecule has 0 bridgehead atoms. The van der Waals surface area contributed by atoms with Crippen LogP contribution >= 0.6 is 12.6 Å². The molecule has 0 saturated heterocycles. The highest BCUT2D eigenvalue weighted by Crippen LogP contribution is 1.83. The lowest BCUT2D eigenvalue weighted by molar-refractivity contribution is 0.485. The van der Waals surface area contributed by atoms with Crippen LogP contribution in [0.1, 0.15) is 6.92 Å². The van der Waals surface area contributed by atoms with Crippen molar-refractivity contribution < 1.29 is 0 Å². The molecule has 0 aromatic rings.